The number of aromatic carboxylic acids is 1. The van der Waals surface area contributed by atoms with Crippen LogP contribution in [0.2, 0.25) is 0 Å². The number of carboxylic acids is 1. The van der Waals surface area contributed by atoms with Crippen molar-refractivity contribution < 1.29 is 50.5 Å². The van der Waals surface area contributed by atoms with Crippen LogP contribution in [0.3, 0.4) is 0 Å². The van der Waals surface area contributed by atoms with E-state index >= 15 is 0 Å². The molecule has 4 aromatic carbocycles. The maximum atomic E-state index is 12.2. The minimum atomic E-state index is -4.92. The molecule has 0 aromatic heterocycles. The van der Waals surface area contributed by atoms with Crippen molar-refractivity contribution in [3.63, 3.8) is 0 Å². The highest BCUT2D eigenvalue weighted by Gasteiger charge is 2.36. The van der Waals surface area contributed by atoms with Crippen LogP contribution in [0.25, 0.3) is 11.1 Å². The second-order valence-electron chi connectivity index (χ2n) is 9.11. The number of nitrogens with two attached hydrogens (primary N) is 1. The van der Waals surface area contributed by atoms with E-state index in [-0.39, 0.29) is 18.4 Å². The molecule has 0 fully saturated rings. The Hall–Kier alpha value is -4.84. The van der Waals surface area contributed by atoms with Gasteiger partial charge in [-0.05, 0) is 66.1 Å². The van der Waals surface area contributed by atoms with Gasteiger partial charge in [0, 0.05) is 11.6 Å². The first-order chi connectivity index (χ1) is 20.6. The van der Waals surface area contributed by atoms with Gasteiger partial charge in [0.25, 0.3) is 0 Å². The summed E-state index contributed by atoms with van der Waals surface area (Å²) >= 11 is 0. The summed E-state index contributed by atoms with van der Waals surface area (Å²) in [7, 11) is 3.23. The normalized spacial score (nSPS) is 11.6. The fourth-order valence-electron chi connectivity index (χ4n) is 3.62. The number of rotatable bonds is 6. The first-order valence-electron chi connectivity index (χ1n) is 12.7. The molecule has 12 heteroatoms. The van der Waals surface area contributed by atoms with Crippen LogP contribution in [0.1, 0.15) is 50.4 Å². The smallest absolute Gasteiger partial charge is 0.416 e. The molecule has 0 aliphatic rings. The number of alkyl halides is 6. The third-order valence-electron chi connectivity index (χ3n) is 5.92. The average molecular weight is 622 g/mol. The Labute approximate surface area is 249 Å². The predicted molar refractivity (Wildman–Crippen MR) is 153 cm³/mol. The molecule has 0 aliphatic carbocycles. The molecular formula is C32H29F6NO5. The Balaban J connectivity index is 0.000000231. The molecule has 0 bridgehead atoms. The van der Waals surface area contributed by atoms with Gasteiger partial charge in [-0.25, -0.2) is 4.79 Å². The van der Waals surface area contributed by atoms with Crippen LogP contribution >= 0.6 is 0 Å². The fraction of sp³-hybridized carbons (Fsp3) is 0.188. The van der Waals surface area contributed by atoms with Crippen molar-refractivity contribution in [2.75, 3.05) is 14.2 Å². The monoisotopic (exact) mass is 621 g/mol. The number of benzene rings is 4. The van der Waals surface area contributed by atoms with Gasteiger partial charge < -0.3 is 20.3 Å². The number of methoxy groups -OCH3 is 2. The van der Waals surface area contributed by atoms with Crippen molar-refractivity contribution in [3.05, 3.63) is 119 Å². The van der Waals surface area contributed by atoms with E-state index in [1.54, 1.807) is 26.4 Å². The van der Waals surface area contributed by atoms with Crippen molar-refractivity contribution >= 4 is 12.3 Å². The molecule has 0 aliphatic heterocycles. The molecule has 6 nitrogen and oxygen atoms in total. The lowest BCUT2D eigenvalue weighted by Crippen LogP contribution is -2.11. The van der Waals surface area contributed by atoms with Gasteiger partial charge in [0.1, 0.15) is 6.29 Å². The third kappa shape index (κ3) is 10.5. The van der Waals surface area contributed by atoms with E-state index in [9.17, 15) is 35.9 Å². The van der Waals surface area contributed by atoms with Crippen molar-refractivity contribution in [1.29, 1.82) is 0 Å². The minimum absolute atomic E-state index is 0.0137. The van der Waals surface area contributed by atoms with Gasteiger partial charge >= 0.3 is 18.3 Å². The lowest BCUT2D eigenvalue weighted by molar-refractivity contribution is -0.143. The van der Waals surface area contributed by atoms with Crippen LogP contribution in [-0.2, 0) is 12.4 Å². The van der Waals surface area contributed by atoms with E-state index in [0.29, 0.717) is 17.7 Å². The molecule has 0 saturated carbocycles. The van der Waals surface area contributed by atoms with E-state index in [2.05, 4.69) is 0 Å². The van der Waals surface area contributed by atoms with Crippen LogP contribution < -0.4 is 15.2 Å². The molecule has 3 N–H and O–H groups in total. The summed E-state index contributed by atoms with van der Waals surface area (Å²) in [6.07, 6.45) is -9.90. The highest BCUT2D eigenvalue weighted by molar-refractivity contribution is 5.88. The van der Waals surface area contributed by atoms with Crippen LogP contribution in [0, 0.1) is 0 Å². The number of hydrogen-bond acceptors (Lipinski definition) is 5. The summed E-state index contributed by atoms with van der Waals surface area (Å²) in [5.41, 5.74) is 5.55. The molecule has 1 atom stereocenters. The average Bonchev–Trinajstić information content (AvgIpc) is 3.00. The van der Waals surface area contributed by atoms with Gasteiger partial charge in [0.05, 0.1) is 30.9 Å². The van der Waals surface area contributed by atoms with Crippen LogP contribution in [0.5, 0.6) is 11.5 Å². The second-order valence-corrected chi connectivity index (χ2v) is 9.11. The van der Waals surface area contributed by atoms with Crippen LogP contribution in [-0.4, -0.2) is 31.6 Å². The SMILES string of the molecule is COc1ccc(C(C)N)cc1OC.O=C(O)c1ccc(-c2ccccc2)cc1.O=Cc1cc(C(F)(F)F)cc(C(F)(F)F)c1. The second kappa shape index (κ2) is 15.6. The topological polar surface area (TPSA) is 98.8 Å². The summed E-state index contributed by atoms with van der Waals surface area (Å²) in [5, 5.41) is 8.75. The largest absolute Gasteiger partial charge is 0.493 e. The van der Waals surface area contributed by atoms with Gasteiger partial charge in [0.2, 0.25) is 0 Å². The zero-order valence-corrected chi connectivity index (χ0v) is 23.7. The Bertz CT molecular complexity index is 1490. The zero-order chi connectivity index (χ0) is 33.1. The lowest BCUT2D eigenvalue weighted by Gasteiger charge is -2.12. The number of halogens is 6. The van der Waals surface area contributed by atoms with Crippen LogP contribution in [0.4, 0.5) is 26.3 Å². The maximum absolute atomic E-state index is 12.2. The van der Waals surface area contributed by atoms with E-state index in [1.807, 2.05) is 67.6 Å². The minimum Gasteiger partial charge on any atom is -0.493 e. The van der Waals surface area contributed by atoms with Gasteiger partial charge in [-0.1, -0.05) is 48.5 Å². The number of carboxylic acid groups (broad SMARTS) is 1. The standard InChI is InChI=1S/C13H10O2.C10H15NO2.C9H4F6O/c14-13(15)12-8-6-11(7-9-12)10-4-2-1-3-5-10;1-7(11)8-4-5-9(12-2)10(6-8)13-3;10-8(11,12)6-1-5(4-16)2-7(3-6)9(13,14)15/h1-9H,(H,14,15);4-7H,11H2,1-3H3;1-4H. The van der Waals surface area contributed by atoms with E-state index in [1.165, 1.54) is 0 Å². The van der Waals surface area contributed by atoms with Crippen molar-refractivity contribution in [3.8, 4) is 22.6 Å². The molecule has 4 rings (SSSR count). The fourth-order valence-corrected chi connectivity index (χ4v) is 3.62. The van der Waals surface area contributed by atoms with Gasteiger partial charge in [-0.2, -0.15) is 26.3 Å². The molecule has 0 amide bonds. The van der Waals surface area contributed by atoms with Crippen molar-refractivity contribution in [1.82, 2.24) is 0 Å². The third-order valence-corrected chi connectivity index (χ3v) is 5.92. The lowest BCUT2D eigenvalue weighted by atomic mass is 10.0. The van der Waals surface area contributed by atoms with Gasteiger partial charge in [-0.3, -0.25) is 4.79 Å². The first-order valence-corrected chi connectivity index (χ1v) is 12.7. The number of hydrogen-bond donors (Lipinski definition) is 2. The van der Waals surface area contributed by atoms with Crippen molar-refractivity contribution in [2.24, 2.45) is 5.73 Å². The quantitative estimate of drug-likeness (QED) is 0.166. The molecule has 4 aromatic rings. The molecule has 44 heavy (non-hydrogen) atoms. The molecule has 0 saturated heterocycles. The number of carbonyl (C=O) groups is 2. The number of carbonyl (C=O) groups excluding carboxylic acids is 1. The highest BCUT2D eigenvalue weighted by Crippen LogP contribution is 2.36. The highest BCUT2D eigenvalue weighted by atomic mass is 19.4. The Morgan fingerprint density at radius 2 is 1.25 bits per heavy atom. The van der Waals surface area contributed by atoms with E-state index in [4.69, 9.17) is 20.3 Å². The zero-order valence-electron chi connectivity index (χ0n) is 23.7. The van der Waals surface area contributed by atoms with E-state index < -0.39 is 35.0 Å². The Morgan fingerprint density at radius 3 is 1.66 bits per heavy atom. The maximum Gasteiger partial charge on any atom is 0.416 e. The van der Waals surface area contributed by atoms with E-state index in [0.717, 1.165) is 28.2 Å². The summed E-state index contributed by atoms with van der Waals surface area (Å²) in [6, 6.07) is 23.1. The predicted octanol–water partition coefficient (Wildman–Crippen LogP) is 8.31. The summed E-state index contributed by atoms with van der Waals surface area (Å²) < 4.78 is 83.4. The summed E-state index contributed by atoms with van der Waals surface area (Å²) in [4.78, 5) is 20.9. The number of ether oxygens (including phenoxy) is 2. The molecule has 0 spiro atoms. The summed E-state index contributed by atoms with van der Waals surface area (Å²) in [6.45, 7) is 1.93. The van der Waals surface area contributed by atoms with Gasteiger partial charge in [0.15, 0.2) is 11.5 Å². The number of aldehydes is 1. The van der Waals surface area contributed by atoms with Crippen molar-refractivity contribution in [2.45, 2.75) is 25.3 Å². The Kier molecular flexibility index (Phi) is 12.5. The summed E-state index contributed by atoms with van der Waals surface area (Å²) in [5.74, 6) is 0.554. The first kappa shape index (κ1) is 35.4. The molecule has 0 radical (unpaired) electrons. The molecule has 1 unspecified atom stereocenters. The van der Waals surface area contributed by atoms with Crippen LogP contribution in [0.15, 0.2) is 91.0 Å². The molecule has 234 valence electrons. The molecule has 0 heterocycles. The molecular weight excluding hydrogens is 592 g/mol. The Morgan fingerprint density at radius 1 is 0.750 bits per heavy atom. The van der Waals surface area contributed by atoms with Gasteiger partial charge in [-0.15, -0.1) is 0 Å².